The minimum absolute atomic E-state index is 0.0768. The van der Waals surface area contributed by atoms with E-state index in [0.29, 0.717) is 77.8 Å². The standard InChI is InChI=1S/C36H38N6O5Si/c1-24-19-28(47-33-8-6-5-7-26(33)22-37)10-12-30(24)41-35(38)29(23-39-41)34(43)32-21-27-20-25(36(44)40-13-15-45-16-14-40)9-11-31(27)42(32)46-17-18-48(2,3)4/h5-12,19-21,23H,13-18,38H2,1-4H3. The lowest BCUT2D eigenvalue weighted by molar-refractivity contribution is 0.0303. The number of aryl methyl sites for hydroxylation is 1. The van der Waals surface area contributed by atoms with Gasteiger partial charge in [0.2, 0.25) is 5.78 Å². The highest BCUT2D eigenvalue weighted by atomic mass is 28.3. The number of para-hydroxylation sites is 1. The van der Waals surface area contributed by atoms with Gasteiger partial charge >= 0.3 is 0 Å². The number of amides is 1. The van der Waals surface area contributed by atoms with Gasteiger partial charge in [0.15, 0.2) is 0 Å². The van der Waals surface area contributed by atoms with Gasteiger partial charge in [-0.15, -0.1) is 0 Å². The Balaban J connectivity index is 1.31. The number of hydrogen-bond donors (Lipinski definition) is 1. The zero-order chi connectivity index (χ0) is 34.0. The fourth-order valence-electron chi connectivity index (χ4n) is 5.58. The number of morpholine rings is 1. The largest absolute Gasteiger partial charge is 0.456 e. The molecule has 0 spiro atoms. The molecule has 0 aliphatic carbocycles. The van der Waals surface area contributed by atoms with Crippen molar-refractivity contribution in [2.24, 2.45) is 0 Å². The zero-order valence-electron chi connectivity index (χ0n) is 27.5. The van der Waals surface area contributed by atoms with E-state index in [9.17, 15) is 14.9 Å². The number of ketones is 1. The highest BCUT2D eigenvalue weighted by molar-refractivity contribution is 6.76. The van der Waals surface area contributed by atoms with Crippen molar-refractivity contribution >= 4 is 36.5 Å². The van der Waals surface area contributed by atoms with Crippen molar-refractivity contribution in [3.63, 3.8) is 0 Å². The minimum atomic E-state index is -1.43. The molecule has 0 atom stereocenters. The van der Waals surface area contributed by atoms with Crippen LogP contribution in [0.1, 0.15) is 37.5 Å². The first-order valence-electron chi connectivity index (χ1n) is 15.9. The fourth-order valence-corrected chi connectivity index (χ4v) is 6.28. The van der Waals surface area contributed by atoms with E-state index < -0.39 is 8.07 Å². The molecule has 5 aromatic rings. The van der Waals surface area contributed by atoms with Crippen molar-refractivity contribution < 1.29 is 23.9 Å². The molecule has 1 saturated heterocycles. The van der Waals surface area contributed by atoms with Crippen molar-refractivity contribution in [2.45, 2.75) is 32.6 Å². The second-order valence-electron chi connectivity index (χ2n) is 13.0. The summed E-state index contributed by atoms with van der Waals surface area (Å²) >= 11 is 0. The van der Waals surface area contributed by atoms with E-state index in [1.54, 1.807) is 64.2 Å². The molecule has 12 heteroatoms. The Morgan fingerprint density at radius 3 is 2.54 bits per heavy atom. The van der Waals surface area contributed by atoms with Crippen molar-refractivity contribution in [3.05, 3.63) is 101 Å². The number of nitrogens with two attached hydrogens (primary N) is 1. The summed E-state index contributed by atoms with van der Waals surface area (Å²) in [5.74, 6) is 0.751. The highest BCUT2D eigenvalue weighted by Gasteiger charge is 2.26. The van der Waals surface area contributed by atoms with E-state index in [4.69, 9.17) is 20.0 Å². The Kier molecular flexibility index (Phi) is 9.08. The molecule has 246 valence electrons. The van der Waals surface area contributed by atoms with Crippen LogP contribution in [0.2, 0.25) is 25.7 Å². The molecule has 2 aromatic heterocycles. The molecule has 0 bridgehead atoms. The molecule has 0 saturated carbocycles. The average Bonchev–Trinajstić information content (AvgIpc) is 3.64. The third-order valence-corrected chi connectivity index (χ3v) is 9.99. The van der Waals surface area contributed by atoms with Crippen LogP contribution in [0.3, 0.4) is 0 Å². The molecule has 48 heavy (non-hydrogen) atoms. The zero-order valence-corrected chi connectivity index (χ0v) is 28.5. The van der Waals surface area contributed by atoms with Gasteiger partial charge in [-0.05, 0) is 73.1 Å². The van der Waals surface area contributed by atoms with Crippen molar-refractivity contribution in [3.8, 4) is 23.3 Å². The SMILES string of the molecule is Cc1cc(Oc2ccccc2C#N)ccc1-n1ncc(C(=O)c2cc3cc(C(=O)N4CCOCC4)ccc3n2OCC[Si](C)(C)C)c1N. The number of rotatable bonds is 10. The summed E-state index contributed by atoms with van der Waals surface area (Å²) in [5.41, 5.74) is 10.2. The predicted octanol–water partition coefficient (Wildman–Crippen LogP) is 5.85. The number of nitriles is 1. The second kappa shape index (κ2) is 13.4. The van der Waals surface area contributed by atoms with Crippen molar-refractivity contribution in [1.29, 1.82) is 5.26 Å². The van der Waals surface area contributed by atoms with Crippen LogP contribution >= 0.6 is 0 Å². The van der Waals surface area contributed by atoms with E-state index in [2.05, 4.69) is 30.8 Å². The number of carbonyl (C=O) groups excluding carboxylic acids is 2. The molecule has 11 nitrogen and oxygen atoms in total. The van der Waals surface area contributed by atoms with Crippen LogP contribution < -0.4 is 15.3 Å². The Hall–Kier alpha value is -5.38. The highest BCUT2D eigenvalue weighted by Crippen LogP contribution is 2.30. The number of nitrogens with zero attached hydrogens (tertiary/aromatic N) is 5. The van der Waals surface area contributed by atoms with Gasteiger partial charge in [-0.25, -0.2) is 4.68 Å². The third-order valence-electron chi connectivity index (χ3n) is 8.29. The Morgan fingerprint density at radius 2 is 1.81 bits per heavy atom. The van der Waals surface area contributed by atoms with Crippen molar-refractivity contribution in [1.82, 2.24) is 19.4 Å². The van der Waals surface area contributed by atoms with E-state index in [-0.39, 0.29) is 23.1 Å². The average molecular weight is 663 g/mol. The number of carbonyl (C=O) groups is 2. The Labute approximate surface area is 280 Å². The minimum Gasteiger partial charge on any atom is -0.456 e. The Bertz CT molecular complexity index is 2050. The number of fused-ring (bicyclic) bond motifs is 1. The van der Waals surface area contributed by atoms with E-state index in [1.807, 2.05) is 19.1 Å². The first-order valence-corrected chi connectivity index (χ1v) is 19.6. The molecule has 1 aliphatic rings. The topological polar surface area (TPSA) is 138 Å². The molecule has 0 radical (unpaired) electrons. The predicted molar refractivity (Wildman–Crippen MR) is 186 cm³/mol. The molecular weight excluding hydrogens is 625 g/mol. The molecule has 3 heterocycles. The van der Waals surface area contributed by atoms with E-state index in [0.717, 1.165) is 11.6 Å². The van der Waals surface area contributed by atoms with E-state index >= 15 is 0 Å². The first-order chi connectivity index (χ1) is 23.0. The van der Waals surface area contributed by atoms with Crippen LogP contribution in [0.15, 0.2) is 72.9 Å². The van der Waals surface area contributed by atoms with Crippen LogP contribution in [0.5, 0.6) is 11.5 Å². The summed E-state index contributed by atoms with van der Waals surface area (Å²) < 4.78 is 14.5. The van der Waals surface area contributed by atoms with Crippen molar-refractivity contribution in [2.75, 3.05) is 38.6 Å². The molecule has 2 N–H and O–H groups in total. The number of ether oxygens (including phenoxy) is 2. The van der Waals surface area contributed by atoms with Gasteiger partial charge in [-0.2, -0.15) is 15.1 Å². The molecule has 1 fully saturated rings. The van der Waals surface area contributed by atoms with Gasteiger partial charge < -0.3 is 24.9 Å². The summed E-state index contributed by atoms with van der Waals surface area (Å²) in [5, 5.41) is 14.6. The molecule has 1 aliphatic heterocycles. The lowest BCUT2D eigenvalue weighted by Gasteiger charge is -2.26. The first kappa shape index (κ1) is 32.6. The lowest BCUT2D eigenvalue weighted by atomic mass is 10.1. The van der Waals surface area contributed by atoms with Gasteiger partial charge in [-0.1, -0.05) is 31.8 Å². The maximum absolute atomic E-state index is 14.2. The van der Waals surface area contributed by atoms with Crippen LogP contribution in [0, 0.1) is 18.3 Å². The van der Waals surface area contributed by atoms with Gasteiger partial charge in [0.1, 0.15) is 35.7 Å². The monoisotopic (exact) mass is 662 g/mol. The number of hydrogen-bond acceptors (Lipinski definition) is 8. The van der Waals surface area contributed by atoms with Gasteiger partial charge in [0.05, 0.1) is 41.7 Å². The maximum Gasteiger partial charge on any atom is 0.254 e. The normalized spacial score (nSPS) is 13.4. The Morgan fingerprint density at radius 1 is 1.04 bits per heavy atom. The quantitative estimate of drug-likeness (QED) is 0.145. The fraction of sp³-hybridized carbons (Fsp3) is 0.278. The third kappa shape index (κ3) is 6.69. The number of benzene rings is 3. The number of anilines is 1. The van der Waals surface area contributed by atoms with Crippen LogP contribution in [0.25, 0.3) is 16.6 Å². The smallest absolute Gasteiger partial charge is 0.254 e. The maximum atomic E-state index is 14.2. The molecule has 3 aromatic carbocycles. The summed E-state index contributed by atoms with van der Waals surface area (Å²) in [6, 6.07) is 22.6. The van der Waals surface area contributed by atoms with Gasteiger partial charge in [-0.3, -0.25) is 9.59 Å². The molecule has 6 rings (SSSR count). The summed E-state index contributed by atoms with van der Waals surface area (Å²) in [6.07, 6.45) is 1.46. The molecular formula is C36H38N6O5Si. The summed E-state index contributed by atoms with van der Waals surface area (Å²) in [6.45, 7) is 11.2. The molecule has 0 unspecified atom stereocenters. The van der Waals surface area contributed by atoms with Crippen LogP contribution in [-0.4, -0.2) is 72.1 Å². The van der Waals surface area contributed by atoms with Crippen LogP contribution in [0.4, 0.5) is 5.82 Å². The summed E-state index contributed by atoms with van der Waals surface area (Å²) in [7, 11) is -1.43. The van der Waals surface area contributed by atoms with E-state index in [1.165, 1.54) is 10.9 Å². The van der Waals surface area contributed by atoms with Crippen LogP contribution in [-0.2, 0) is 4.74 Å². The number of nitrogen functional groups attached to an aromatic ring is 1. The summed E-state index contributed by atoms with van der Waals surface area (Å²) in [4.78, 5) is 35.5. The second-order valence-corrected chi connectivity index (χ2v) is 18.6. The number of aromatic nitrogens is 3. The van der Waals surface area contributed by atoms with Gasteiger partial charge in [0.25, 0.3) is 5.91 Å². The molecule has 1 amide bonds. The van der Waals surface area contributed by atoms with Gasteiger partial charge in [0, 0.05) is 32.1 Å². The lowest BCUT2D eigenvalue weighted by Crippen LogP contribution is -2.40.